The topological polar surface area (TPSA) is 48.5 Å². The van der Waals surface area contributed by atoms with Crippen LogP contribution >= 0.6 is 0 Å². The zero-order valence-corrected chi connectivity index (χ0v) is 17.0. The maximum absolute atomic E-state index is 12.8. The van der Waals surface area contributed by atoms with Crippen LogP contribution in [0.25, 0.3) is 0 Å². The van der Waals surface area contributed by atoms with Gasteiger partial charge < -0.3 is 15.1 Å². The first kappa shape index (κ1) is 20.7. The normalized spacial score (nSPS) is 10.5. The molecule has 1 N–H and O–H groups in total. The van der Waals surface area contributed by atoms with Gasteiger partial charge in [-0.05, 0) is 57.0 Å². The lowest BCUT2D eigenvalue weighted by atomic mass is 10.2. The van der Waals surface area contributed by atoms with Crippen molar-refractivity contribution in [3.05, 3.63) is 48.3 Å². The summed E-state index contributed by atoms with van der Waals surface area (Å²) in [7, 11) is 0. The van der Waals surface area contributed by atoms with Gasteiger partial charge in [-0.25, -0.2) is 0 Å². The maximum atomic E-state index is 12.8. The standard InChI is InChI=1S/C22H32N4O/c1-5-13-26(14-6-2)22(27)18-15-20(17-23-16-18)24-19-9-11-21(12-10-19)25(7-3)8-4/h9-12,15-17,24H,5-8,13-14H2,1-4H3. The molecule has 1 amide bonds. The van der Waals surface area contributed by atoms with Crippen LogP contribution in [0.1, 0.15) is 50.9 Å². The van der Waals surface area contributed by atoms with E-state index >= 15 is 0 Å². The van der Waals surface area contributed by atoms with E-state index in [1.807, 2.05) is 11.0 Å². The predicted octanol–water partition coefficient (Wildman–Crippen LogP) is 4.93. The average molecular weight is 369 g/mol. The molecule has 2 rings (SSSR count). The second-order valence-corrected chi connectivity index (χ2v) is 6.60. The van der Waals surface area contributed by atoms with E-state index in [1.54, 1.807) is 12.4 Å². The molecule has 0 atom stereocenters. The summed E-state index contributed by atoms with van der Waals surface area (Å²) in [6.07, 6.45) is 5.31. The molecular formula is C22H32N4O. The highest BCUT2D eigenvalue weighted by molar-refractivity contribution is 5.95. The van der Waals surface area contributed by atoms with E-state index in [9.17, 15) is 4.79 Å². The quantitative estimate of drug-likeness (QED) is 0.646. The summed E-state index contributed by atoms with van der Waals surface area (Å²) in [5, 5.41) is 3.35. The summed E-state index contributed by atoms with van der Waals surface area (Å²) in [4.78, 5) is 21.2. The molecule has 0 saturated heterocycles. The molecule has 0 fully saturated rings. The number of carbonyl (C=O) groups is 1. The molecule has 0 aliphatic rings. The van der Waals surface area contributed by atoms with Crippen molar-refractivity contribution in [1.82, 2.24) is 9.88 Å². The highest BCUT2D eigenvalue weighted by Crippen LogP contribution is 2.21. The zero-order valence-electron chi connectivity index (χ0n) is 17.0. The van der Waals surface area contributed by atoms with Crippen LogP contribution in [0.2, 0.25) is 0 Å². The Balaban J connectivity index is 2.12. The third kappa shape index (κ3) is 5.71. The Bertz CT molecular complexity index is 705. The van der Waals surface area contributed by atoms with E-state index in [4.69, 9.17) is 0 Å². The molecule has 0 spiro atoms. The molecule has 0 radical (unpaired) electrons. The first-order valence-corrected chi connectivity index (χ1v) is 9.99. The Hall–Kier alpha value is -2.56. The molecule has 0 saturated carbocycles. The number of rotatable bonds is 10. The van der Waals surface area contributed by atoms with E-state index in [0.717, 1.165) is 50.4 Å². The zero-order chi connectivity index (χ0) is 19.6. The summed E-state index contributed by atoms with van der Waals surface area (Å²) in [5.74, 6) is 0.0479. The van der Waals surface area contributed by atoms with Gasteiger partial charge in [0.25, 0.3) is 5.91 Å². The van der Waals surface area contributed by atoms with E-state index in [0.29, 0.717) is 5.56 Å². The fourth-order valence-electron chi connectivity index (χ4n) is 3.17. The first-order chi connectivity index (χ1) is 13.1. The molecule has 5 heteroatoms. The summed E-state index contributed by atoms with van der Waals surface area (Å²) >= 11 is 0. The summed E-state index contributed by atoms with van der Waals surface area (Å²) in [6, 6.07) is 10.2. The molecule has 1 heterocycles. The number of aromatic nitrogens is 1. The van der Waals surface area contributed by atoms with Crippen LogP contribution in [0.5, 0.6) is 0 Å². The van der Waals surface area contributed by atoms with Gasteiger partial charge in [0.2, 0.25) is 0 Å². The van der Waals surface area contributed by atoms with Crippen molar-refractivity contribution < 1.29 is 4.79 Å². The van der Waals surface area contributed by atoms with E-state index in [1.165, 1.54) is 5.69 Å². The van der Waals surface area contributed by atoms with Crippen molar-refractivity contribution >= 4 is 23.0 Å². The Morgan fingerprint density at radius 1 is 0.926 bits per heavy atom. The molecule has 0 aliphatic carbocycles. The minimum atomic E-state index is 0.0479. The third-order valence-electron chi connectivity index (χ3n) is 4.54. The van der Waals surface area contributed by atoms with Crippen LogP contribution in [-0.4, -0.2) is 42.0 Å². The Morgan fingerprint density at radius 3 is 2.11 bits per heavy atom. The van der Waals surface area contributed by atoms with Crippen LogP contribution in [-0.2, 0) is 0 Å². The van der Waals surface area contributed by atoms with Crippen molar-refractivity contribution in [2.24, 2.45) is 0 Å². The van der Waals surface area contributed by atoms with Gasteiger partial charge in [-0.3, -0.25) is 9.78 Å². The van der Waals surface area contributed by atoms with Crippen molar-refractivity contribution in [2.75, 3.05) is 36.4 Å². The van der Waals surface area contributed by atoms with Crippen molar-refractivity contribution in [2.45, 2.75) is 40.5 Å². The fraction of sp³-hybridized carbons (Fsp3) is 0.455. The number of anilines is 3. The predicted molar refractivity (Wildman–Crippen MR) is 114 cm³/mol. The van der Waals surface area contributed by atoms with Crippen LogP contribution in [0.4, 0.5) is 17.1 Å². The second-order valence-electron chi connectivity index (χ2n) is 6.60. The highest BCUT2D eigenvalue weighted by atomic mass is 16.2. The number of benzene rings is 1. The van der Waals surface area contributed by atoms with Crippen molar-refractivity contribution in [3.8, 4) is 0 Å². The number of hydrogen-bond acceptors (Lipinski definition) is 4. The molecule has 5 nitrogen and oxygen atoms in total. The Labute approximate surface area is 163 Å². The van der Waals surface area contributed by atoms with Gasteiger partial charge in [-0.1, -0.05) is 13.8 Å². The molecule has 2 aromatic rings. The molecule has 0 unspecified atom stereocenters. The molecule has 0 bridgehead atoms. The van der Waals surface area contributed by atoms with Crippen molar-refractivity contribution in [3.63, 3.8) is 0 Å². The van der Waals surface area contributed by atoms with E-state index in [2.05, 4.69) is 67.2 Å². The average Bonchev–Trinajstić information content (AvgIpc) is 2.70. The van der Waals surface area contributed by atoms with Crippen LogP contribution in [0.3, 0.4) is 0 Å². The third-order valence-corrected chi connectivity index (χ3v) is 4.54. The summed E-state index contributed by atoms with van der Waals surface area (Å²) in [6.45, 7) is 12.0. The lowest BCUT2D eigenvalue weighted by Crippen LogP contribution is -2.32. The second kappa shape index (κ2) is 10.6. The molecular weight excluding hydrogens is 336 g/mol. The van der Waals surface area contributed by atoms with Gasteiger partial charge in [0.05, 0.1) is 17.4 Å². The van der Waals surface area contributed by atoms with Crippen molar-refractivity contribution in [1.29, 1.82) is 0 Å². The summed E-state index contributed by atoms with van der Waals surface area (Å²) < 4.78 is 0. The van der Waals surface area contributed by atoms with Crippen LogP contribution in [0, 0.1) is 0 Å². The van der Waals surface area contributed by atoms with Gasteiger partial charge >= 0.3 is 0 Å². The SMILES string of the molecule is CCCN(CCC)C(=O)c1cncc(Nc2ccc(N(CC)CC)cc2)c1. The summed E-state index contributed by atoms with van der Waals surface area (Å²) in [5.41, 5.74) is 3.64. The van der Waals surface area contributed by atoms with Gasteiger partial charge in [0.15, 0.2) is 0 Å². The minimum Gasteiger partial charge on any atom is -0.372 e. The smallest absolute Gasteiger partial charge is 0.255 e. The minimum absolute atomic E-state index is 0.0479. The number of pyridine rings is 1. The highest BCUT2D eigenvalue weighted by Gasteiger charge is 2.15. The fourth-order valence-corrected chi connectivity index (χ4v) is 3.17. The van der Waals surface area contributed by atoms with Crippen LogP contribution < -0.4 is 10.2 Å². The number of nitrogens with one attached hydrogen (secondary N) is 1. The van der Waals surface area contributed by atoms with Crippen LogP contribution in [0.15, 0.2) is 42.7 Å². The molecule has 146 valence electrons. The molecule has 0 aliphatic heterocycles. The van der Waals surface area contributed by atoms with Gasteiger partial charge in [0, 0.05) is 43.8 Å². The number of hydrogen-bond donors (Lipinski definition) is 1. The molecule has 27 heavy (non-hydrogen) atoms. The largest absolute Gasteiger partial charge is 0.372 e. The lowest BCUT2D eigenvalue weighted by molar-refractivity contribution is 0.0755. The number of carbonyl (C=O) groups excluding carboxylic acids is 1. The monoisotopic (exact) mass is 368 g/mol. The Morgan fingerprint density at radius 2 is 1.56 bits per heavy atom. The van der Waals surface area contributed by atoms with Gasteiger partial charge in [0.1, 0.15) is 0 Å². The van der Waals surface area contributed by atoms with E-state index in [-0.39, 0.29) is 5.91 Å². The van der Waals surface area contributed by atoms with E-state index < -0.39 is 0 Å². The van der Waals surface area contributed by atoms with Gasteiger partial charge in [-0.2, -0.15) is 0 Å². The van der Waals surface area contributed by atoms with Gasteiger partial charge in [-0.15, -0.1) is 0 Å². The number of nitrogens with zero attached hydrogens (tertiary/aromatic N) is 3. The lowest BCUT2D eigenvalue weighted by Gasteiger charge is -2.22. The maximum Gasteiger partial charge on any atom is 0.255 e. The molecule has 1 aromatic carbocycles. The Kier molecular flexibility index (Phi) is 8.11. The molecule has 1 aromatic heterocycles. The number of amides is 1. The first-order valence-electron chi connectivity index (χ1n) is 9.99.